The number of hydrogen-bond acceptors (Lipinski definition) is 2. The van der Waals surface area contributed by atoms with Crippen molar-refractivity contribution in [1.29, 1.82) is 0 Å². The third-order valence-corrected chi connectivity index (χ3v) is 2.83. The zero-order valence-electron chi connectivity index (χ0n) is 9.12. The summed E-state index contributed by atoms with van der Waals surface area (Å²) in [6.07, 6.45) is 0. The number of benzene rings is 1. The molecular formula is C11H12BrCl2NO2. The highest BCUT2D eigenvalue weighted by Gasteiger charge is 2.14. The Morgan fingerprint density at radius 1 is 1.41 bits per heavy atom. The molecule has 0 radical (unpaired) electrons. The number of alkyl halides is 2. The minimum Gasteiger partial charge on any atom is -0.491 e. The Labute approximate surface area is 119 Å². The van der Waals surface area contributed by atoms with Crippen LogP contribution in [0.2, 0.25) is 0 Å². The summed E-state index contributed by atoms with van der Waals surface area (Å²) >= 11 is 14.2. The fraction of sp³-hybridized carbons (Fsp3) is 0.364. The fourth-order valence-corrected chi connectivity index (χ4v) is 1.49. The maximum atomic E-state index is 11.2. The van der Waals surface area contributed by atoms with Crippen molar-refractivity contribution in [3.63, 3.8) is 0 Å². The molecule has 0 spiro atoms. The molecule has 0 aromatic heterocycles. The lowest BCUT2D eigenvalue weighted by molar-refractivity contribution is -0.120. The number of nitrogens with one attached hydrogen (secondary N) is 1. The molecule has 0 fully saturated rings. The van der Waals surface area contributed by atoms with Crippen LogP contribution in [0.1, 0.15) is 6.92 Å². The van der Waals surface area contributed by atoms with E-state index in [1.165, 1.54) is 0 Å². The second kappa shape index (κ2) is 7.09. The first kappa shape index (κ1) is 14.6. The van der Waals surface area contributed by atoms with Crippen LogP contribution in [0.3, 0.4) is 0 Å². The summed E-state index contributed by atoms with van der Waals surface area (Å²) in [4.78, 5) is 10.1. The highest BCUT2D eigenvalue weighted by atomic mass is 79.9. The molecule has 0 aliphatic carbocycles. The van der Waals surface area contributed by atoms with Gasteiger partial charge in [0.1, 0.15) is 12.4 Å². The maximum Gasteiger partial charge on any atom is 0.253 e. The van der Waals surface area contributed by atoms with Crippen LogP contribution in [0.4, 0.5) is 0 Å². The molecule has 1 amide bonds. The summed E-state index contributed by atoms with van der Waals surface area (Å²) in [6.45, 7) is 2.17. The van der Waals surface area contributed by atoms with Crippen molar-refractivity contribution in [1.82, 2.24) is 5.32 Å². The summed E-state index contributed by atoms with van der Waals surface area (Å²) in [5.41, 5.74) is 0. The minimum atomic E-state index is -1.05. The molecule has 94 valence electrons. The van der Waals surface area contributed by atoms with Crippen LogP contribution in [0, 0.1) is 0 Å². The van der Waals surface area contributed by atoms with Gasteiger partial charge < -0.3 is 10.1 Å². The van der Waals surface area contributed by atoms with Crippen LogP contribution in [-0.2, 0) is 4.79 Å². The van der Waals surface area contributed by atoms with E-state index in [2.05, 4.69) is 21.2 Å². The second-order valence-corrected chi connectivity index (χ2v) is 5.49. The first-order valence-electron chi connectivity index (χ1n) is 4.96. The summed E-state index contributed by atoms with van der Waals surface area (Å²) in [6, 6.07) is 7.28. The molecule has 0 aliphatic heterocycles. The van der Waals surface area contributed by atoms with Gasteiger partial charge in [0, 0.05) is 4.47 Å². The third-order valence-electron chi connectivity index (χ3n) is 1.90. The van der Waals surface area contributed by atoms with Gasteiger partial charge in [-0.2, -0.15) is 0 Å². The normalized spacial score (nSPS) is 12.3. The van der Waals surface area contributed by atoms with Gasteiger partial charge in [-0.3, -0.25) is 4.79 Å². The highest BCUT2D eigenvalue weighted by molar-refractivity contribution is 9.10. The summed E-state index contributed by atoms with van der Waals surface area (Å²) in [7, 11) is 0. The third kappa shape index (κ3) is 5.61. The van der Waals surface area contributed by atoms with E-state index in [9.17, 15) is 4.79 Å². The molecule has 1 aromatic rings. The topological polar surface area (TPSA) is 38.3 Å². The van der Waals surface area contributed by atoms with Crippen LogP contribution >= 0.6 is 39.1 Å². The van der Waals surface area contributed by atoms with Crippen molar-refractivity contribution in [2.45, 2.75) is 17.8 Å². The first-order valence-corrected chi connectivity index (χ1v) is 6.62. The van der Waals surface area contributed by atoms with Crippen molar-refractivity contribution in [2.75, 3.05) is 6.61 Å². The molecular weight excluding hydrogens is 329 g/mol. The number of halogens is 3. The Bertz CT molecular complexity index is 370. The molecule has 17 heavy (non-hydrogen) atoms. The molecule has 1 atom stereocenters. The Morgan fingerprint density at radius 2 is 2.00 bits per heavy atom. The molecule has 3 nitrogen and oxygen atoms in total. The maximum absolute atomic E-state index is 11.2. The Morgan fingerprint density at radius 3 is 2.53 bits per heavy atom. The molecule has 0 bridgehead atoms. The van der Waals surface area contributed by atoms with E-state index in [4.69, 9.17) is 27.9 Å². The number of amides is 1. The summed E-state index contributed by atoms with van der Waals surface area (Å²) < 4.78 is 6.47. The van der Waals surface area contributed by atoms with E-state index in [1.54, 1.807) is 0 Å². The number of hydrogen-bond donors (Lipinski definition) is 1. The van der Waals surface area contributed by atoms with Crippen molar-refractivity contribution < 1.29 is 9.53 Å². The number of carbonyl (C=O) groups is 1. The molecule has 6 heteroatoms. The summed E-state index contributed by atoms with van der Waals surface area (Å²) in [5.74, 6) is 0.322. The predicted octanol–water partition coefficient (Wildman–Crippen LogP) is 3.14. The number of carbonyl (C=O) groups excluding carboxylic acids is 1. The predicted molar refractivity (Wildman–Crippen MR) is 72.7 cm³/mol. The molecule has 1 rings (SSSR count). The molecule has 1 unspecified atom stereocenters. The fourth-order valence-electron chi connectivity index (χ4n) is 1.10. The van der Waals surface area contributed by atoms with Crippen LogP contribution in [-0.4, -0.2) is 23.4 Å². The average Bonchev–Trinajstić information content (AvgIpc) is 2.28. The monoisotopic (exact) mass is 339 g/mol. The van der Waals surface area contributed by atoms with Gasteiger partial charge in [-0.25, -0.2) is 0 Å². The van der Waals surface area contributed by atoms with Gasteiger partial charge in [-0.1, -0.05) is 39.1 Å². The van der Waals surface area contributed by atoms with Crippen LogP contribution in [0.5, 0.6) is 5.75 Å². The molecule has 0 saturated heterocycles. The molecule has 1 N–H and O–H groups in total. The Kier molecular flexibility index (Phi) is 6.09. The minimum absolute atomic E-state index is 0.161. The van der Waals surface area contributed by atoms with E-state index in [0.717, 1.165) is 10.2 Å². The van der Waals surface area contributed by atoms with Crippen LogP contribution in [0.25, 0.3) is 0 Å². The van der Waals surface area contributed by atoms with E-state index in [0.29, 0.717) is 6.61 Å². The molecule has 0 saturated carbocycles. The number of ether oxygens (including phenoxy) is 1. The van der Waals surface area contributed by atoms with Crippen molar-refractivity contribution in [3.05, 3.63) is 28.7 Å². The van der Waals surface area contributed by atoms with Gasteiger partial charge >= 0.3 is 0 Å². The van der Waals surface area contributed by atoms with E-state index in [-0.39, 0.29) is 6.04 Å². The van der Waals surface area contributed by atoms with E-state index < -0.39 is 10.7 Å². The van der Waals surface area contributed by atoms with Crippen LogP contribution < -0.4 is 10.1 Å². The highest BCUT2D eigenvalue weighted by Crippen LogP contribution is 2.16. The summed E-state index contributed by atoms with van der Waals surface area (Å²) in [5, 5.41) is 2.62. The van der Waals surface area contributed by atoms with Crippen LogP contribution in [0.15, 0.2) is 28.7 Å². The van der Waals surface area contributed by atoms with Gasteiger partial charge in [0.2, 0.25) is 0 Å². The van der Waals surface area contributed by atoms with Gasteiger partial charge in [-0.15, -0.1) is 0 Å². The zero-order valence-corrected chi connectivity index (χ0v) is 12.2. The smallest absolute Gasteiger partial charge is 0.253 e. The Balaban J connectivity index is 2.35. The Hall–Kier alpha value is -0.450. The van der Waals surface area contributed by atoms with E-state index >= 15 is 0 Å². The molecule has 0 aliphatic rings. The average molecular weight is 341 g/mol. The quantitative estimate of drug-likeness (QED) is 0.836. The van der Waals surface area contributed by atoms with Gasteiger partial charge in [0.15, 0.2) is 4.84 Å². The van der Waals surface area contributed by atoms with E-state index in [1.807, 2.05) is 31.2 Å². The standard InChI is InChI=1S/C11H12BrCl2NO2/c1-7(15-11(16)10(13)14)6-17-9-4-2-8(12)3-5-9/h2-5,7,10H,6H2,1H3,(H,15,16). The molecule has 1 aromatic carbocycles. The first-order chi connectivity index (χ1) is 7.99. The lowest BCUT2D eigenvalue weighted by Gasteiger charge is -2.15. The van der Waals surface area contributed by atoms with Crippen molar-refractivity contribution in [3.8, 4) is 5.75 Å². The largest absolute Gasteiger partial charge is 0.491 e. The second-order valence-electron chi connectivity index (χ2n) is 3.48. The number of rotatable bonds is 5. The SMILES string of the molecule is CC(COc1ccc(Br)cc1)NC(=O)C(Cl)Cl. The van der Waals surface area contributed by atoms with Crippen molar-refractivity contribution in [2.24, 2.45) is 0 Å². The van der Waals surface area contributed by atoms with Gasteiger partial charge in [-0.05, 0) is 31.2 Å². The molecule has 0 heterocycles. The van der Waals surface area contributed by atoms with Crippen molar-refractivity contribution >= 4 is 45.0 Å². The van der Waals surface area contributed by atoms with Gasteiger partial charge in [0.05, 0.1) is 6.04 Å². The zero-order chi connectivity index (χ0) is 12.8. The lowest BCUT2D eigenvalue weighted by Crippen LogP contribution is -2.39. The van der Waals surface area contributed by atoms with Gasteiger partial charge in [0.25, 0.3) is 5.91 Å². The lowest BCUT2D eigenvalue weighted by atomic mass is 10.3.